The number of likely N-dealkylation sites (N-methyl/N-ethyl adjacent to an activating group) is 1. The summed E-state index contributed by atoms with van der Waals surface area (Å²) < 4.78 is 4.90. The number of hydrogen-bond acceptors (Lipinski definition) is 4. The van der Waals surface area contributed by atoms with E-state index in [0.717, 1.165) is 5.69 Å². The molecule has 0 heterocycles. The van der Waals surface area contributed by atoms with Crippen LogP contribution in [0.5, 0.6) is 0 Å². The largest absolute Gasteiger partial charge is 0.389 e. The first-order valence-corrected chi connectivity index (χ1v) is 7.93. The lowest BCUT2D eigenvalue weighted by atomic mass is 9.87. The summed E-state index contributed by atoms with van der Waals surface area (Å²) in [6.45, 7) is 8.92. The lowest BCUT2D eigenvalue weighted by molar-refractivity contribution is -0.120. The number of amides is 1. The predicted octanol–water partition coefficient (Wildman–Crippen LogP) is 2.25. The molecule has 2 unspecified atom stereocenters. The average Bonchev–Trinajstić information content (AvgIpc) is 2.46. The molecular weight excluding hydrogens is 292 g/mol. The third kappa shape index (κ3) is 6.29. The number of carbonyl (C=O) groups is 1. The van der Waals surface area contributed by atoms with Crippen LogP contribution in [0.25, 0.3) is 0 Å². The smallest absolute Gasteiger partial charge is 0.241 e. The molecule has 0 aliphatic heterocycles. The Morgan fingerprint density at radius 2 is 1.87 bits per heavy atom. The number of anilines is 1. The van der Waals surface area contributed by atoms with Crippen LogP contribution in [-0.2, 0) is 14.9 Å². The Balaban J connectivity index is 2.61. The van der Waals surface area contributed by atoms with Gasteiger partial charge in [0.15, 0.2) is 0 Å². The van der Waals surface area contributed by atoms with Crippen molar-refractivity contribution in [2.75, 3.05) is 32.6 Å². The minimum atomic E-state index is -0.605. The van der Waals surface area contributed by atoms with Gasteiger partial charge in [-0.05, 0) is 37.1 Å². The minimum absolute atomic E-state index is 0.0908. The number of rotatable bonds is 7. The van der Waals surface area contributed by atoms with Crippen LogP contribution < -0.4 is 5.32 Å². The van der Waals surface area contributed by atoms with E-state index >= 15 is 0 Å². The van der Waals surface area contributed by atoms with Crippen LogP contribution in [0.3, 0.4) is 0 Å². The van der Waals surface area contributed by atoms with Crippen LogP contribution >= 0.6 is 0 Å². The number of nitrogens with one attached hydrogen (secondary N) is 1. The van der Waals surface area contributed by atoms with Crippen LogP contribution in [0.2, 0.25) is 0 Å². The second-order valence-electron chi connectivity index (χ2n) is 7.04. The molecule has 2 atom stereocenters. The summed E-state index contributed by atoms with van der Waals surface area (Å²) in [4.78, 5) is 14.1. The fourth-order valence-corrected chi connectivity index (χ4v) is 2.24. The molecule has 5 nitrogen and oxygen atoms in total. The van der Waals surface area contributed by atoms with Crippen LogP contribution in [0.15, 0.2) is 24.3 Å². The molecule has 0 bridgehead atoms. The maximum atomic E-state index is 12.3. The standard InChI is InChI=1S/C18H30N2O3/c1-13(20(5)11-16(21)12-23-6)17(22)19-15-9-7-14(8-10-15)18(2,3)4/h7-10,13,16,21H,11-12H2,1-6H3,(H,19,22). The molecule has 1 aromatic rings. The van der Waals surface area contributed by atoms with Gasteiger partial charge in [-0.1, -0.05) is 32.9 Å². The zero-order valence-corrected chi connectivity index (χ0v) is 15.1. The van der Waals surface area contributed by atoms with Gasteiger partial charge in [-0.15, -0.1) is 0 Å². The summed E-state index contributed by atoms with van der Waals surface area (Å²) in [5, 5.41) is 12.7. The number of methoxy groups -OCH3 is 1. The monoisotopic (exact) mass is 322 g/mol. The number of nitrogens with zero attached hydrogens (tertiary/aromatic N) is 1. The summed E-state index contributed by atoms with van der Waals surface area (Å²) in [5.74, 6) is -0.0966. The van der Waals surface area contributed by atoms with Gasteiger partial charge in [0.2, 0.25) is 5.91 Å². The lowest BCUT2D eigenvalue weighted by Crippen LogP contribution is -2.44. The van der Waals surface area contributed by atoms with E-state index in [4.69, 9.17) is 4.74 Å². The van der Waals surface area contributed by atoms with Crippen molar-refractivity contribution in [3.63, 3.8) is 0 Å². The molecule has 1 rings (SSSR count). The van der Waals surface area contributed by atoms with Crippen LogP contribution in [0.4, 0.5) is 5.69 Å². The van der Waals surface area contributed by atoms with Gasteiger partial charge < -0.3 is 15.2 Å². The number of hydrogen-bond donors (Lipinski definition) is 2. The number of carbonyl (C=O) groups excluding carboxylic acids is 1. The normalized spacial score (nSPS) is 14.6. The van der Waals surface area contributed by atoms with Crippen molar-refractivity contribution in [1.82, 2.24) is 4.90 Å². The Labute approximate surface area is 139 Å². The first-order valence-electron chi connectivity index (χ1n) is 7.93. The molecular formula is C18H30N2O3. The van der Waals surface area contributed by atoms with Crippen molar-refractivity contribution in [3.8, 4) is 0 Å². The molecule has 5 heteroatoms. The molecule has 0 aliphatic rings. The van der Waals surface area contributed by atoms with Gasteiger partial charge in [0, 0.05) is 19.3 Å². The Morgan fingerprint density at radius 3 is 2.35 bits per heavy atom. The van der Waals surface area contributed by atoms with E-state index in [2.05, 4.69) is 26.1 Å². The first kappa shape index (κ1) is 19.6. The van der Waals surface area contributed by atoms with E-state index in [1.54, 1.807) is 7.11 Å². The lowest BCUT2D eigenvalue weighted by Gasteiger charge is -2.26. The summed E-state index contributed by atoms with van der Waals surface area (Å²) >= 11 is 0. The number of ether oxygens (including phenoxy) is 1. The van der Waals surface area contributed by atoms with Gasteiger partial charge in [-0.25, -0.2) is 0 Å². The maximum Gasteiger partial charge on any atom is 0.241 e. The van der Waals surface area contributed by atoms with E-state index in [9.17, 15) is 9.90 Å². The van der Waals surface area contributed by atoms with Gasteiger partial charge in [-0.3, -0.25) is 9.69 Å². The molecule has 23 heavy (non-hydrogen) atoms. The first-order chi connectivity index (χ1) is 10.6. The van der Waals surface area contributed by atoms with Gasteiger partial charge in [0.25, 0.3) is 0 Å². The molecule has 0 radical (unpaired) electrons. The Kier molecular flexibility index (Phi) is 7.19. The molecule has 0 aromatic heterocycles. The minimum Gasteiger partial charge on any atom is -0.389 e. The fourth-order valence-electron chi connectivity index (χ4n) is 2.24. The number of benzene rings is 1. The molecule has 130 valence electrons. The third-order valence-electron chi connectivity index (χ3n) is 3.92. The highest BCUT2D eigenvalue weighted by Crippen LogP contribution is 2.23. The van der Waals surface area contributed by atoms with E-state index in [0.29, 0.717) is 6.54 Å². The number of aliphatic hydroxyl groups excluding tert-OH is 1. The topological polar surface area (TPSA) is 61.8 Å². The molecule has 0 saturated carbocycles. The summed E-state index contributed by atoms with van der Waals surface area (Å²) in [6.07, 6.45) is -0.605. The molecule has 0 fully saturated rings. The van der Waals surface area contributed by atoms with Crippen LogP contribution in [0, 0.1) is 0 Å². The highest BCUT2D eigenvalue weighted by atomic mass is 16.5. The Hall–Kier alpha value is -1.43. The molecule has 2 N–H and O–H groups in total. The van der Waals surface area contributed by atoms with Gasteiger partial charge in [0.05, 0.1) is 18.8 Å². The number of aliphatic hydroxyl groups is 1. The van der Waals surface area contributed by atoms with Crippen molar-refractivity contribution >= 4 is 11.6 Å². The van der Waals surface area contributed by atoms with Crippen molar-refractivity contribution in [1.29, 1.82) is 0 Å². The van der Waals surface area contributed by atoms with E-state index in [1.807, 2.05) is 43.1 Å². The molecule has 0 spiro atoms. The van der Waals surface area contributed by atoms with Gasteiger partial charge in [-0.2, -0.15) is 0 Å². The highest BCUT2D eigenvalue weighted by Gasteiger charge is 2.20. The average molecular weight is 322 g/mol. The molecule has 1 amide bonds. The third-order valence-corrected chi connectivity index (χ3v) is 3.92. The maximum absolute atomic E-state index is 12.3. The quantitative estimate of drug-likeness (QED) is 0.808. The fraction of sp³-hybridized carbons (Fsp3) is 0.611. The summed E-state index contributed by atoms with van der Waals surface area (Å²) in [7, 11) is 3.35. The predicted molar refractivity (Wildman–Crippen MR) is 93.7 cm³/mol. The Bertz CT molecular complexity index is 494. The summed E-state index contributed by atoms with van der Waals surface area (Å²) in [5.41, 5.74) is 2.09. The van der Waals surface area contributed by atoms with E-state index in [-0.39, 0.29) is 24.0 Å². The van der Waals surface area contributed by atoms with Crippen molar-refractivity contribution < 1.29 is 14.6 Å². The van der Waals surface area contributed by atoms with E-state index < -0.39 is 6.10 Å². The van der Waals surface area contributed by atoms with Gasteiger partial charge in [0.1, 0.15) is 0 Å². The molecule has 1 aromatic carbocycles. The zero-order valence-electron chi connectivity index (χ0n) is 15.1. The second-order valence-corrected chi connectivity index (χ2v) is 7.04. The SMILES string of the molecule is COCC(O)CN(C)C(C)C(=O)Nc1ccc(C(C)(C)C)cc1. The zero-order chi connectivity index (χ0) is 17.6. The van der Waals surface area contributed by atoms with Crippen molar-refractivity contribution in [2.24, 2.45) is 0 Å². The summed E-state index contributed by atoms with van der Waals surface area (Å²) in [6, 6.07) is 7.57. The van der Waals surface area contributed by atoms with E-state index in [1.165, 1.54) is 5.56 Å². The van der Waals surface area contributed by atoms with Gasteiger partial charge >= 0.3 is 0 Å². The molecule has 0 aliphatic carbocycles. The van der Waals surface area contributed by atoms with Crippen molar-refractivity contribution in [3.05, 3.63) is 29.8 Å². The Morgan fingerprint density at radius 1 is 1.30 bits per heavy atom. The highest BCUT2D eigenvalue weighted by molar-refractivity contribution is 5.94. The van der Waals surface area contributed by atoms with Crippen LogP contribution in [0.1, 0.15) is 33.3 Å². The van der Waals surface area contributed by atoms with Crippen molar-refractivity contribution in [2.45, 2.75) is 45.3 Å². The van der Waals surface area contributed by atoms with Crippen LogP contribution in [-0.4, -0.2) is 55.4 Å². The molecule has 0 saturated heterocycles. The second kappa shape index (κ2) is 8.43.